The summed E-state index contributed by atoms with van der Waals surface area (Å²) in [6.07, 6.45) is 1.60. The molecule has 1 saturated heterocycles. The van der Waals surface area contributed by atoms with E-state index in [0.29, 0.717) is 26.4 Å². The Balaban J connectivity index is 1.46. The molecule has 142 valence electrons. The van der Waals surface area contributed by atoms with Crippen molar-refractivity contribution >= 4 is 5.91 Å². The van der Waals surface area contributed by atoms with Crippen molar-refractivity contribution in [3.8, 4) is 5.75 Å². The number of hydrogen-bond donors (Lipinski definition) is 1. The van der Waals surface area contributed by atoms with Crippen LogP contribution in [0.3, 0.4) is 0 Å². The molecule has 1 N–H and O–H groups in total. The van der Waals surface area contributed by atoms with E-state index in [-0.39, 0.29) is 11.4 Å². The topological polar surface area (TPSA) is 50.8 Å². The van der Waals surface area contributed by atoms with Gasteiger partial charge in [-0.25, -0.2) is 0 Å². The van der Waals surface area contributed by atoms with Crippen LogP contribution in [0.25, 0.3) is 0 Å². The highest BCUT2D eigenvalue weighted by Crippen LogP contribution is 2.32. The lowest BCUT2D eigenvalue weighted by atomic mass is 9.82. The molecule has 4 rings (SSSR count). The number of carbonyl (C=O) groups is 1. The van der Waals surface area contributed by atoms with Gasteiger partial charge in [-0.3, -0.25) is 9.69 Å². The van der Waals surface area contributed by atoms with Crippen LogP contribution in [0, 0.1) is 0 Å². The molecule has 2 aromatic rings. The average Bonchev–Trinajstić information content (AvgIpc) is 2.91. The fourth-order valence-corrected chi connectivity index (χ4v) is 3.99. The summed E-state index contributed by atoms with van der Waals surface area (Å²) >= 11 is 0. The number of ether oxygens (including phenoxy) is 2. The van der Waals surface area contributed by atoms with Crippen LogP contribution in [0.15, 0.2) is 54.6 Å². The first-order valence-electron chi connectivity index (χ1n) is 9.63. The van der Waals surface area contributed by atoms with E-state index in [9.17, 15) is 4.79 Å². The van der Waals surface area contributed by atoms with Gasteiger partial charge in [0, 0.05) is 31.9 Å². The number of amides is 1. The molecule has 2 heterocycles. The summed E-state index contributed by atoms with van der Waals surface area (Å²) in [5.41, 5.74) is 1.95. The fraction of sp³-hybridized carbons (Fsp3) is 0.409. The monoisotopic (exact) mass is 366 g/mol. The predicted octanol–water partition coefficient (Wildman–Crippen LogP) is 2.70. The maximum absolute atomic E-state index is 12.9. The molecule has 0 atom stereocenters. The molecule has 0 aromatic heterocycles. The van der Waals surface area contributed by atoms with Gasteiger partial charge in [-0.2, -0.15) is 0 Å². The number of benzene rings is 2. The molecular weight excluding hydrogens is 340 g/mol. The van der Waals surface area contributed by atoms with E-state index >= 15 is 0 Å². The van der Waals surface area contributed by atoms with Crippen molar-refractivity contribution in [2.45, 2.75) is 24.9 Å². The second kappa shape index (κ2) is 8.11. The normalized spacial score (nSPS) is 19.4. The SMILES string of the molecule is O=C(CN1CCOc2ccccc2C1)NC1(c2ccccc2)CCOCC1. The van der Waals surface area contributed by atoms with Crippen LogP contribution in [0.1, 0.15) is 24.0 Å². The Bertz CT molecular complexity index is 772. The zero-order chi connectivity index (χ0) is 18.5. The number of fused-ring (bicyclic) bond motifs is 1. The molecule has 0 aliphatic carbocycles. The van der Waals surface area contributed by atoms with Crippen molar-refractivity contribution in [1.29, 1.82) is 0 Å². The van der Waals surface area contributed by atoms with Crippen molar-refractivity contribution in [2.24, 2.45) is 0 Å². The summed E-state index contributed by atoms with van der Waals surface area (Å²) in [6, 6.07) is 18.3. The number of carbonyl (C=O) groups excluding carboxylic acids is 1. The molecule has 1 amide bonds. The Labute approximate surface area is 160 Å². The van der Waals surface area contributed by atoms with Crippen LogP contribution >= 0.6 is 0 Å². The molecule has 0 bridgehead atoms. The van der Waals surface area contributed by atoms with Gasteiger partial charge in [-0.1, -0.05) is 48.5 Å². The first-order valence-corrected chi connectivity index (χ1v) is 9.63. The summed E-state index contributed by atoms with van der Waals surface area (Å²) in [4.78, 5) is 15.1. The van der Waals surface area contributed by atoms with Gasteiger partial charge in [0.25, 0.3) is 0 Å². The highest BCUT2D eigenvalue weighted by Gasteiger charge is 2.36. The molecule has 2 aliphatic heterocycles. The zero-order valence-corrected chi connectivity index (χ0v) is 15.5. The second-order valence-electron chi connectivity index (χ2n) is 7.28. The van der Waals surface area contributed by atoms with E-state index in [1.165, 1.54) is 0 Å². The molecule has 0 saturated carbocycles. The summed E-state index contributed by atoms with van der Waals surface area (Å²) in [5.74, 6) is 0.978. The van der Waals surface area contributed by atoms with Crippen LogP contribution in [0.5, 0.6) is 5.75 Å². The standard InChI is InChI=1S/C22H26N2O3/c25-21(17-24-12-15-27-20-9-5-4-6-18(20)16-24)23-22(10-13-26-14-11-22)19-7-2-1-3-8-19/h1-9H,10-17H2,(H,23,25). The third-order valence-corrected chi connectivity index (χ3v) is 5.45. The third-order valence-electron chi connectivity index (χ3n) is 5.45. The Kier molecular flexibility index (Phi) is 5.41. The molecule has 5 heteroatoms. The minimum absolute atomic E-state index is 0.0557. The molecular formula is C22H26N2O3. The van der Waals surface area contributed by atoms with Gasteiger partial charge in [0.15, 0.2) is 0 Å². The quantitative estimate of drug-likeness (QED) is 0.904. The molecule has 0 spiro atoms. The largest absolute Gasteiger partial charge is 0.492 e. The van der Waals surface area contributed by atoms with Gasteiger partial charge in [0.1, 0.15) is 12.4 Å². The van der Waals surface area contributed by atoms with Crippen LogP contribution in [0.4, 0.5) is 0 Å². The minimum Gasteiger partial charge on any atom is -0.492 e. The maximum atomic E-state index is 12.9. The molecule has 2 aromatic carbocycles. The van der Waals surface area contributed by atoms with Gasteiger partial charge in [-0.05, 0) is 24.5 Å². The lowest BCUT2D eigenvalue weighted by Gasteiger charge is -2.39. The van der Waals surface area contributed by atoms with Gasteiger partial charge >= 0.3 is 0 Å². The van der Waals surface area contributed by atoms with Gasteiger partial charge in [0.05, 0.1) is 12.1 Å². The number of para-hydroxylation sites is 1. The highest BCUT2D eigenvalue weighted by atomic mass is 16.5. The predicted molar refractivity (Wildman–Crippen MR) is 104 cm³/mol. The Morgan fingerprint density at radius 1 is 1.00 bits per heavy atom. The Morgan fingerprint density at radius 2 is 1.74 bits per heavy atom. The third kappa shape index (κ3) is 4.15. The summed E-state index contributed by atoms with van der Waals surface area (Å²) in [7, 11) is 0. The number of rotatable bonds is 4. The van der Waals surface area contributed by atoms with E-state index < -0.39 is 0 Å². The zero-order valence-electron chi connectivity index (χ0n) is 15.5. The number of nitrogens with one attached hydrogen (secondary N) is 1. The van der Waals surface area contributed by atoms with E-state index in [1.54, 1.807) is 0 Å². The lowest BCUT2D eigenvalue weighted by molar-refractivity contribution is -0.125. The summed E-state index contributed by atoms with van der Waals surface area (Å²) < 4.78 is 11.4. The molecule has 1 fully saturated rings. The number of hydrogen-bond acceptors (Lipinski definition) is 4. The summed E-state index contributed by atoms with van der Waals surface area (Å²) in [6.45, 7) is 3.77. The van der Waals surface area contributed by atoms with Crippen LogP contribution in [0.2, 0.25) is 0 Å². The van der Waals surface area contributed by atoms with Crippen molar-refractivity contribution < 1.29 is 14.3 Å². The fourth-order valence-electron chi connectivity index (χ4n) is 3.99. The van der Waals surface area contributed by atoms with Crippen molar-refractivity contribution in [3.05, 3.63) is 65.7 Å². The highest BCUT2D eigenvalue weighted by molar-refractivity contribution is 5.79. The van der Waals surface area contributed by atoms with Crippen LogP contribution < -0.4 is 10.1 Å². The number of nitrogens with zero attached hydrogens (tertiary/aromatic N) is 1. The summed E-state index contributed by atoms with van der Waals surface area (Å²) in [5, 5.41) is 3.34. The van der Waals surface area contributed by atoms with E-state index in [1.807, 2.05) is 36.4 Å². The van der Waals surface area contributed by atoms with Gasteiger partial charge in [0.2, 0.25) is 5.91 Å². The van der Waals surface area contributed by atoms with E-state index in [4.69, 9.17) is 9.47 Å². The Morgan fingerprint density at radius 3 is 2.56 bits per heavy atom. The second-order valence-corrected chi connectivity index (χ2v) is 7.28. The molecule has 0 unspecified atom stereocenters. The molecule has 2 aliphatic rings. The molecule has 5 nitrogen and oxygen atoms in total. The smallest absolute Gasteiger partial charge is 0.234 e. The first-order chi connectivity index (χ1) is 13.3. The molecule has 0 radical (unpaired) electrons. The van der Waals surface area contributed by atoms with E-state index in [2.05, 4.69) is 28.4 Å². The first kappa shape index (κ1) is 18.0. The molecule has 27 heavy (non-hydrogen) atoms. The van der Waals surface area contributed by atoms with Crippen LogP contribution in [-0.4, -0.2) is 43.7 Å². The van der Waals surface area contributed by atoms with Crippen LogP contribution in [-0.2, 0) is 21.6 Å². The van der Waals surface area contributed by atoms with E-state index in [0.717, 1.165) is 42.8 Å². The van der Waals surface area contributed by atoms with Gasteiger partial charge in [-0.15, -0.1) is 0 Å². The van der Waals surface area contributed by atoms with Crippen molar-refractivity contribution in [3.63, 3.8) is 0 Å². The van der Waals surface area contributed by atoms with Crippen molar-refractivity contribution in [2.75, 3.05) is 32.9 Å². The maximum Gasteiger partial charge on any atom is 0.234 e. The van der Waals surface area contributed by atoms with Crippen molar-refractivity contribution in [1.82, 2.24) is 10.2 Å². The lowest BCUT2D eigenvalue weighted by Crippen LogP contribution is -2.52. The van der Waals surface area contributed by atoms with Gasteiger partial charge < -0.3 is 14.8 Å². The minimum atomic E-state index is -0.336. The Hall–Kier alpha value is -2.37. The average molecular weight is 366 g/mol.